The average molecular weight is 297 g/mol. The maximum absolute atomic E-state index is 12.0. The molecule has 0 amide bonds. The Bertz CT molecular complexity index is 837. The highest BCUT2D eigenvalue weighted by atomic mass is 32.2. The van der Waals surface area contributed by atoms with E-state index in [4.69, 9.17) is 5.11 Å². The normalized spacial score (nSPS) is 11.2. The molecule has 1 aromatic carbocycles. The Morgan fingerprint density at radius 1 is 1.25 bits per heavy atom. The molecule has 1 heterocycles. The van der Waals surface area contributed by atoms with Gasteiger partial charge in [0, 0.05) is 11.9 Å². The molecule has 0 aliphatic heterocycles. The molecule has 1 aromatic heterocycles. The largest absolute Gasteiger partial charge is 0.392 e. The van der Waals surface area contributed by atoms with E-state index in [2.05, 4.69) is 9.71 Å². The molecule has 106 valence electrons. The number of anilines is 1. The van der Waals surface area contributed by atoms with Gasteiger partial charge in [-0.1, -0.05) is 12.1 Å². The molecule has 0 aliphatic rings. The zero-order chi connectivity index (χ0) is 14.8. The highest BCUT2D eigenvalue weighted by molar-refractivity contribution is 7.92. The molecule has 4 N–H and O–H groups in total. The van der Waals surface area contributed by atoms with Crippen molar-refractivity contribution in [3.8, 4) is 0 Å². The molecule has 2 rings (SSSR count). The second kappa shape index (κ2) is 5.31. The van der Waals surface area contributed by atoms with Crippen LogP contribution in [0.2, 0.25) is 0 Å². The molecule has 20 heavy (non-hydrogen) atoms. The first-order valence-corrected chi connectivity index (χ1v) is 6.95. The van der Waals surface area contributed by atoms with Crippen molar-refractivity contribution in [1.29, 1.82) is 0 Å². The molecule has 0 spiro atoms. The first-order chi connectivity index (χ1) is 9.42. The molecule has 2 aromatic rings. The number of nitrogens with one attached hydrogen (secondary N) is 3. The minimum Gasteiger partial charge on any atom is -0.392 e. The maximum atomic E-state index is 12.0. The number of hydrogen-bond acceptors (Lipinski definition) is 5. The van der Waals surface area contributed by atoms with Crippen molar-refractivity contribution in [3.05, 3.63) is 56.9 Å². The zero-order valence-electron chi connectivity index (χ0n) is 10.1. The number of hydrogen-bond donors (Lipinski definition) is 4. The summed E-state index contributed by atoms with van der Waals surface area (Å²) in [4.78, 5) is 25.6. The monoisotopic (exact) mass is 297 g/mol. The first kappa shape index (κ1) is 14.0. The van der Waals surface area contributed by atoms with E-state index >= 15 is 0 Å². The summed E-state index contributed by atoms with van der Waals surface area (Å²) in [7, 11) is -4.13. The van der Waals surface area contributed by atoms with E-state index in [9.17, 15) is 18.0 Å². The smallest absolute Gasteiger partial charge is 0.325 e. The van der Waals surface area contributed by atoms with Crippen LogP contribution in [0, 0.1) is 0 Å². The fourth-order valence-corrected chi connectivity index (χ4v) is 2.60. The molecular formula is C11H11N3O5S. The van der Waals surface area contributed by atoms with Crippen molar-refractivity contribution < 1.29 is 13.5 Å². The van der Waals surface area contributed by atoms with Gasteiger partial charge < -0.3 is 10.1 Å². The summed E-state index contributed by atoms with van der Waals surface area (Å²) < 4.78 is 26.2. The van der Waals surface area contributed by atoms with E-state index < -0.39 is 26.2 Å². The number of rotatable bonds is 4. The van der Waals surface area contributed by atoms with Gasteiger partial charge in [-0.25, -0.2) is 13.2 Å². The lowest BCUT2D eigenvalue weighted by Crippen LogP contribution is -2.29. The van der Waals surface area contributed by atoms with Crippen LogP contribution in [0.4, 0.5) is 5.69 Å². The molecule has 8 nitrogen and oxygen atoms in total. The second-order valence-corrected chi connectivity index (χ2v) is 5.55. The molecule has 0 unspecified atom stereocenters. The van der Waals surface area contributed by atoms with Crippen LogP contribution in [0.25, 0.3) is 0 Å². The molecule has 9 heteroatoms. The number of aliphatic hydroxyl groups is 1. The van der Waals surface area contributed by atoms with Crippen LogP contribution in [0.5, 0.6) is 0 Å². The standard InChI is InChI=1S/C11H11N3O5S/c15-6-7-2-1-3-8(4-7)14-20(18,19)9-5-12-11(17)13-10(9)16/h1-5,14-15H,6H2,(H2,12,13,16,17). The zero-order valence-corrected chi connectivity index (χ0v) is 10.9. The number of sulfonamides is 1. The molecular weight excluding hydrogens is 286 g/mol. The Morgan fingerprint density at radius 3 is 2.65 bits per heavy atom. The molecule has 0 bridgehead atoms. The highest BCUT2D eigenvalue weighted by Gasteiger charge is 2.18. The number of H-pyrrole nitrogens is 2. The summed E-state index contributed by atoms with van der Waals surface area (Å²) in [5.41, 5.74) is -1.10. The Morgan fingerprint density at radius 2 is 2.00 bits per heavy atom. The number of aliphatic hydroxyl groups excluding tert-OH is 1. The molecule has 0 saturated heterocycles. The fourth-order valence-electron chi connectivity index (χ4n) is 1.54. The maximum Gasteiger partial charge on any atom is 0.325 e. The predicted molar refractivity (Wildman–Crippen MR) is 70.9 cm³/mol. The van der Waals surface area contributed by atoms with E-state index in [-0.39, 0.29) is 12.3 Å². The van der Waals surface area contributed by atoms with Gasteiger partial charge in [0.2, 0.25) is 0 Å². The van der Waals surface area contributed by atoms with E-state index in [0.29, 0.717) is 5.56 Å². The van der Waals surface area contributed by atoms with Crippen molar-refractivity contribution in [2.45, 2.75) is 11.5 Å². The third-order valence-electron chi connectivity index (χ3n) is 2.44. The van der Waals surface area contributed by atoms with Crippen LogP contribution < -0.4 is 16.0 Å². The Hall–Kier alpha value is -2.39. The van der Waals surface area contributed by atoms with Crippen LogP contribution in [0.3, 0.4) is 0 Å². The van der Waals surface area contributed by atoms with Gasteiger partial charge in [-0.15, -0.1) is 0 Å². The van der Waals surface area contributed by atoms with Gasteiger partial charge in [0.15, 0.2) is 4.90 Å². The van der Waals surface area contributed by atoms with Crippen molar-refractivity contribution in [1.82, 2.24) is 9.97 Å². The fraction of sp³-hybridized carbons (Fsp3) is 0.0909. The minimum atomic E-state index is -4.13. The van der Waals surface area contributed by atoms with E-state index in [1.165, 1.54) is 12.1 Å². The lowest BCUT2D eigenvalue weighted by Gasteiger charge is -2.07. The summed E-state index contributed by atoms with van der Waals surface area (Å²) in [6.45, 7) is -0.241. The molecule has 0 atom stereocenters. The average Bonchev–Trinajstić information content (AvgIpc) is 2.37. The molecule has 0 saturated carbocycles. The van der Waals surface area contributed by atoms with Crippen molar-refractivity contribution >= 4 is 15.7 Å². The third kappa shape index (κ3) is 2.95. The van der Waals surface area contributed by atoms with Crippen molar-refractivity contribution in [2.75, 3.05) is 4.72 Å². The van der Waals surface area contributed by atoms with Gasteiger partial charge >= 0.3 is 5.69 Å². The number of aromatic amines is 2. The van der Waals surface area contributed by atoms with Gasteiger partial charge in [-0.05, 0) is 17.7 Å². The summed E-state index contributed by atoms with van der Waals surface area (Å²) in [5, 5.41) is 8.98. The minimum absolute atomic E-state index is 0.196. The van der Waals surface area contributed by atoms with Crippen LogP contribution >= 0.6 is 0 Å². The van der Waals surface area contributed by atoms with Gasteiger partial charge in [-0.3, -0.25) is 14.5 Å². The van der Waals surface area contributed by atoms with Crippen LogP contribution in [-0.4, -0.2) is 23.5 Å². The molecule has 0 aliphatic carbocycles. The van der Waals surface area contributed by atoms with E-state index in [0.717, 1.165) is 6.20 Å². The summed E-state index contributed by atoms with van der Waals surface area (Å²) in [6.07, 6.45) is 0.819. The lowest BCUT2D eigenvalue weighted by molar-refractivity contribution is 0.282. The predicted octanol–water partition coefficient (Wildman–Crippen LogP) is -0.644. The van der Waals surface area contributed by atoms with Crippen LogP contribution in [-0.2, 0) is 16.6 Å². The van der Waals surface area contributed by atoms with Crippen LogP contribution in [0.1, 0.15) is 5.56 Å². The Kier molecular flexibility index (Phi) is 3.72. The second-order valence-electron chi connectivity index (χ2n) is 3.90. The third-order valence-corrected chi connectivity index (χ3v) is 3.82. The first-order valence-electron chi connectivity index (χ1n) is 5.47. The summed E-state index contributed by atoms with van der Waals surface area (Å²) >= 11 is 0. The van der Waals surface area contributed by atoms with Gasteiger partial charge in [0.1, 0.15) is 0 Å². The van der Waals surface area contributed by atoms with Gasteiger partial charge in [0.05, 0.1) is 6.61 Å². The van der Waals surface area contributed by atoms with Crippen LogP contribution in [0.15, 0.2) is 44.9 Å². The highest BCUT2D eigenvalue weighted by Crippen LogP contribution is 2.14. The summed E-state index contributed by atoms with van der Waals surface area (Å²) in [6, 6.07) is 6.07. The Balaban J connectivity index is 2.40. The van der Waals surface area contributed by atoms with Crippen molar-refractivity contribution in [3.63, 3.8) is 0 Å². The number of aromatic nitrogens is 2. The summed E-state index contributed by atoms with van der Waals surface area (Å²) in [5.74, 6) is 0. The SMILES string of the molecule is O=c1[nH]cc(S(=O)(=O)Nc2cccc(CO)c2)c(=O)[nH]1. The van der Waals surface area contributed by atoms with E-state index in [1.54, 1.807) is 12.1 Å². The Labute approximate surface area is 113 Å². The molecule has 0 radical (unpaired) electrons. The van der Waals surface area contributed by atoms with Crippen molar-refractivity contribution in [2.24, 2.45) is 0 Å². The van der Waals surface area contributed by atoms with E-state index in [1.807, 2.05) is 4.98 Å². The van der Waals surface area contributed by atoms with Gasteiger partial charge in [0.25, 0.3) is 15.6 Å². The topological polar surface area (TPSA) is 132 Å². The van der Waals surface area contributed by atoms with Gasteiger partial charge in [-0.2, -0.15) is 0 Å². The quantitative estimate of drug-likeness (QED) is 0.595. The lowest BCUT2D eigenvalue weighted by atomic mass is 10.2. The number of benzene rings is 1. The molecule has 0 fully saturated rings.